The minimum Gasteiger partial charge on any atom is -0.383 e. The van der Waals surface area contributed by atoms with Crippen molar-refractivity contribution in [2.75, 3.05) is 24.4 Å². The third-order valence-electron chi connectivity index (χ3n) is 3.74. The van der Waals surface area contributed by atoms with Gasteiger partial charge in [0.1, 0.15) is 6.04 Å². The van der Waals surface area contributed by atoms with Crippen molar-refractivity contribution < 1.29 is 14.3 Å². The first-order valence-electron chi connectivity index (χ1n) is 8.27. The fraction of sp³-hybridized carbons (Fsp3) is 0.263. The Morgan fingerprint density at radius 1 is 1.00 bits per heavy atom. The summed E-state index contributed by atoms with van der Waals surface area (Å²) in [7, 11) is 1.50. The van der Waals surface area contributed by atoms with Crippen molar-refractivity contribution in [2.45, 2.75) is 19.0 Å². The summed E-state index contributed by atoms with van der Waals surface area (Å²) in [6.45, 7) is 2.03. The highest BCUT2D eigenvalue weighted by atomic mass is 16.5. The van der Waals surface area contributed by atoms with Crippen LogP contribution >= 0.6 is 0 Å². The number of rotatable bonds is 7. The van der Waals surface area contributed by atoms with Gasteiger partial charge in [-0.3, -0.25) is 4.79 Å². The number of nitrogens with one attached hydrogen (secondary N) is 3. The molecule has 5 N–H and O–H groups in total. The summed E-state index contributed by atoms with van der Waals surface area (Å²) in [6, 6.07) is 15.2. The van der Waals surface area contributed by atoms with Crippen LogP contribution in [0.4, 0.5) is 16.2 Å². The molecule has 0 saturated carbocycles. The van der Waals surface area contributed by atoms with Crippen LogP contribution in [-0.4, -0.2) is 31.7 Å². The van der Waals surface area contributed by atoms with Gasteiger partial charge in [0.2, 0.25) is 5.91 Å². The molecule has 26 heavy (non-hydrogen) atoms. The van der Waals surface area contributed by atoms with Gasteiger partial charge in [0.15, 0.2) is 0 Å². The van der Waals surface area contributed by atoms with E-state index in [1.807, 2.05) is 37.3 Å². The molecule has 0 aromatic heterocycles. The number of carbonyl (C=O) groups is 2. The molecule has 2 atom stereocenters. The van der Waals surface area contributed by atoms with Crippen LogP contribution in [0.2, 0.25) is 0 Å². The van der Waals surface area contributed by atoms with Gasteiger partial charge in [-0.25, -0.2) is 4.79 Å². The maximum absolute atomic E-state index is 12.0. The first-order chi connectivity index (χ1) is 12.5. The number of hydrogen-bond acceptors (Lipinski definition) is 4. The highest BCUT2D eigenvalue weighted by molar-refractivity contribution is 5.99. The zero-order chi connectivity index (χ0) is 18.9. The Morgan fingerprint density at radius 3 is 2.15 bits per heavy atom. The molecule has 0 radical (unpaired) electrons. The topological polar surface area (TPSA) is 105 Å². The van der Waals surface area contributed by atoms with Gasteiger partial charge in [-0.15, -0.1) is 0 Å². The van der Waals surface area contributed by atoms with Crippen LogP contribution in [0.25, 0.3) is 0 Å². The van der Waals surface area contributed by atoms with E-state index in [1.165, 1.54) is 7.11 Å². The first kappa shape index (κ1) is 19.4. The summed E-state index contributed by atoms with van der Waals surface area (Å²) >= 11 is 0. The van der Waals surface area contributed by atoms with Crippen LogP contribution in [0.15, 0.2) is 54.6 Å². The second kappa shape index (κ2) is 9.55. The summed E-state index contributed by atoms with van der Waals surface area (Å²) < 4.78 is 4.88. The second-order valence-corrected chi connectivity index (χ2v) is 5.86. The van der Waals surface area contributed by atoms with E-state index in [0.29, 0.717) is 11.4 Å². The highest BCUT2D eigenvalue weighted by Crippen LogP contribution is 2.16. The smallest absolute Gasteiger partial charge is 0.323 e. The van der Waals surface area contributed by atoms with Crippen molar-refractivity contribution in [2.24, 2.45) is 5.73 Å². The number of anilines is 2. The van der Waals surface area contributed by atoms with E-state index in [0.717, 1.165) is 5.56 Å². The van der Waals surface area contributed by atoms with E-state index in [9.17, 15) is 9.59 Å². The Morgan fingerprint density at radius 2 is 1.58 bits per heavy atom. The molecule has 0 bridgehead atoms. The summed E-state index contributed by atoms with van der Waals surface area (Å²) in [5, 5.41) is 8.33. The predicted octanol–water partition coefficient (Wildman–Crippen LogP) is 2.48. The summed E-state index contributed by atoms with van der Waals surface area (Å²) in [5.41, 5.74) is 7.97. The third-order valence-corrected chi connectivity index (χ3v) is 3.74. The van der Waals surface area contributed by atoms with Gasteiger partial charge in [0, 0.05) is 18.5 Å². The molecule has 2 unspecified atom stereocenters. The van der Waals surface area contributed by atoms with E-state index < -0.39 is 6.04 Å². The van der Waals surface area contributed by atoms with Crippen molar-refractivity contribution >= 4 is 23.3 Å². The lowest BCUT2D eigenvalue weighted by Crippen LogP contribution is -2.44. The van der Waals surface area contributed by atoms with Crippen molar-refractivity contribution in [3.63, 3.8) is 0 Å². The number of methoxy groups -OCH3 is 1. The van der Waals surface area contributed by atoms with Crippen LogP contribution in [-0.2, 0) is 9.53 Å². The van der Waals surface area contributed by atoms with Crippen LogP contribution in [0, 0.1) is 0 Å². The fourth-order valence-corrected chi connectivity index (χ4v) is 2.33. The SMILES string of the molecule is COCC(N)C(=O)NC(C)c1ccc(NC(=O)Nc2ccccc2)cc1. The monoisotopic (exact) mass is 356 g/mol. The van der Waals surface area contributed by atoms with Crippen LogP contribution in [0.5, 0.6) is 0 Å². The molecule has 138 valence electrons. The van der Waals surface area contributed by atoms with Crippen molar-refractivity contribution in [3.8, 4) is 0 Å². The first-order valence-corrected chi connectivity index (χ1v) is 8.27. The maximum Gasteiger partial charge on any atom is 0.323 e. The average molecular weight is 356 g/mol. The number of urea groups is 1. The normalized spacial score (nSPS) is 12.7. The number of nitrogens with two attached hydrogens (primary N) is 1. The zero-order valence-electron chi connectivity index (χ0n) is 14.9. The lowest BCUT2D eigenvalue weighted by Gasteiger charge is -2.18. The molecule has 3 amide bonds. The molecule has 0 saturated heterocycles. The van der Waals surface area contributed by atoms with Crippen molar-refractivity contribution in [1.82, 2.24) is 5.32 Å². The highest BCUT2D eigenvalue weighted by Gasteiger charge is 2.16. The van der Waals surface area contributed by atoms with E-state index in [2.05, 4.69) is 16.0 Å². The number of ether oxygens (including phenoxy) is 1. The van der Waals surface area contributed by atoms with Gasteiger partial charge in [0.05, 0.1) is 12.6 Å². The van der Waals surface area contributed by atoms with Crippen LogP contribution in [0.3, 0.4) is 0 Å². The van der Waals surface area contributed by atoms with E-state index in [1.54, 1.807) is 24.3 Å². The Balaban J connectivity index is 1.89. The van der Waals surface area contributed by atoms with Gasteiger partial charge >= 0.3 is 6.03 Å². The van der Waals surface area contributed by atoms with Crippen LogP contribution < -0.4 is 21.7 Å². The molecular formula is C19H24N4O3. The molecule has 2 rings (SSSR count). The molecule has 0 aliphatic heterocycles. The molecule has 7 nitrogen and oxygen atoms in total. The molecular weight excluding hydrogens is 332 g/mol. The predicted molar refractivity (Wildman–Crippen MR) is 102 cm³/mol. The van der Waals surface area contributed by atoms with E-state index >= 15 is 0 Å². The van der Waals surface area contributed by atoms with Crippen LogP contribution in [0.1, 0.15) is 18.5 Å². The molecule has 7 heteroatoms. The van der Waals surface area contributed by atoms with Gasteiger partial charge in [-0.05, 0) is 36.8 Å². The fourth-order valence-electron chi connectivity index (χ4n) is 2.33. The third kappa shape index (κ3) is 5.87. The Kier molecular flexibility index (Phi) is 7.13. The number of para-hydroxylation sites is 1. The number of hydrogen-bond donors (Lipinski definition) is 4. The lowest BCUT2D eigenvalue weighted by molar-refractivity contribution is -0.124. The van der Waals surface area contributed by atoms with Gasteiger partial charge in [0.25, 0.3) is 0 Å². The Hall–Kier alpha value is -2.90. The summed E-state index contributed by atoms with van der Waals surface area (Å²) in [4.78, 5) is 23.9. The molecule has 0 fully saturated rings. The lowest BCUT2D eigenvalue weighted by atomic mass is 10.1. The van der Waals surface area contributed by atoms with Crippen molar-refractivity contribution in [1.29, 1.82) is 0 Å². The summed E-state index contributed by atoms with van der Waals surface area (Å²) in [6.07, 6.45) is 0. The summed E-state index contributed by atoms with van der Waals surface area (Å²) in [5.74, 6) is -0.274. The van der Waals surface area contributed by atoms with Gasteiger partial charge in [-0.1, -0.05) is 30.3 Å². The standard InChI is InChI=1S/C19H24N4O3/c1-13(21-18(24)17(20)12-26-2)14-8-10-16(11-9-14)23-19(25)22-15-6-4-3-5-7-15/h3-11,13,17H,12,20H2,1-2H3,(H,21,24)(H2,22,23,25). The molecule has 0 spiro atoms. The minimum atomic E-state index is -0.704. The average Bonchev–Trinajstić information content (AvgIpc) is 2.63. The zero-order valence-corrected chi connectivity index (χ0v) is 14.9. The minimum absolute atomic E-state index is 0.165. The number of carbonyl (C=O) groups excluding carboxylic acids is 2. The quantitative estimate of drug-likeness (QED) is 0.611. The Labute approximate surface area is 152 Å². The van der Waals surface area contributed by atoms with E-state index in [4.69, 9.17) is 10.5 Å². The molecule has 0 aliphatic carbocycles. The largest absolute Gasteiger partial charge is 0.383 e. The Bertz CT molecular complexity index is 719. The van der Waals surface area contributed by atoms with Gasteiger partial charge in [-0.2, -0.15) is 0 Å². The molecule has 2 aromatic rings. The van der Waals surface area contributed by atoms with E-state index in [-0.39, 0.29) is 24.6 Å². The van der Waals surface area contributed by atoms with Gasteiger partial charge < -0.3 is 26.4 Å². The molecule has 2 aromatic carbocycles. The maximum atomic E-state index is 12.0. The van der Waals surface area contributed by atoms with Crippen molar-refractivity contribution in [3.05, 3.63) is 60.2 Å². The molecule has 0 heterocycles. The number of amides is 3. The second-order valence-electron chi connectivity index (χ2n) is 5.86. The molecule has 0 aliphatic rings. The number of benzene rings is 2.